The zero-order valence-corrected chi connectivity index (χ0v) is 31.9. The van der Waals surface area contributed by atoms with E-state index in [4.69, 9.17) is 9.97 Å². The summed E-state index contributed by atoms with van der Waals surface area (Å²) in [5.41, 5.74) is 17.7. The van der Waals surface area contributed by atoms with Crippen molar-refractivity contribution < 1.29 is 0 Å². The highest BCUT2D eigenvalue weighted by Gasteiger charge is 2.38. The van der Waals surface area contributed by atoms with E-state index in [1.54, 1.807) is 0 Å². The minimum atomic E-state index is -0.198. The number of para-hydroxylation sites is 2. The number of aromatic nitrogens is 4. The number of fused-ring (bicyclic) bond motifs is 11. The maximum Gasteiger partial charge on any atom is 0.235 e. The molecule has 4 nitrogen and oxygen atoms in total. The number of hydrogen-bond acceptors (Lipinski definition) is 2. The second kappa shape index (κ2) is 12.0. The van der Waals surface area contributed by atoms with Crippen molar-refractivity contribution >= 4 is 49.7 Å². The summed E-state index contributed by atoms with van der Waals surface area (Å²) in [5, 5.41) is 4.91. The van der Waals surface area contributed by atoms with Gasteiger partial charge in [0.2, 0.25) is 5.95 Å². The molecule has 57 heavy (non-hydrogen) atoms. The smallest absolute Gasteiger partial charge is 0.235 e. The molecule has 0 saturated carbocycles. The number of aryl methyl sites for hydroxylation is 1. The van der Waals surface area contributed by atoms with Crippen molar-refractivity contribution in [2.45, 2.75) is 32.1 Å². The Morgan fingerprint density at radius 2 is 1.26 bits per heavy atom. The Bertz CT molecular complexity index is 3310. The largest absolute Gasteiger partial charge is 0.309 e. The Kier molecular flexibility index (Phi) is 6.77. The Morgan fingerprint density at radius 1 is 0.544 bits per heavy atom. The molecule has 0 amide bonds. The third-order valence-corrected chi connectivity index (χ3v) is 12.6. The van der Waals surface area contributed by atoms with Gasteiger partial charge in [0, 0.05) is 38.2 Å². The van der Waals surface area contributed by atoms with E-state index in [1.165, 1.54) is 71.8 Å². The zero-order chi connectivity index (χ0) is 37.8. The molecule has 2 aliphatic carbocycles. The molecule has 12 rings (SSSR count). The average Bonchev–Trinajstić information content (AvgIpc) is 3.86. The van der Waals surface area contributed by atoms with Gasteiger partial charge < -0.3 is 4.57 Å². The summed E-state index contributed by atoms with van der Waals surface area (Å²) in [6, 6.07) is 57.3. The van der Waals surface area contributed by atoms with Crippen molar-refractivity contribution in [3.8, 4) is 45.1 Å². The lowest BCUT2D eigenvalue weighted by atomic mass is 9.80. The number of nitrogens with zero attached hydrogens (tertiary/aromatic N) is 4. The van der Waals surface area contributed by atoms with Crippen LogP contribution >= 0.6 is 0 Å². The standard InChI is InChI=1S/C53H38N4/c1-53(2)43-22-12-9-19-37(43)41-28-29-44-49(50(41)53)51(33-15-5-3-6-16-33)55-52(54-44)57-46-24-14-11-21-39(46)42-31-34(26-30-47(42)57)35-25-27-40-38-20-10-13-23-45(38)56(48(40)32-35)36-17-7-4-8-18-36/h3-10,12-20,22-32H,11,21H2,1-2H3. The molecule has 0 radical (unpaired) electrons. The number of allylic oxidation sites excluding steroid dienone is 1. The quantitative estimate of drug-likeness (QED) is 0.181. The van der Waals surface area contributed by atoms with Crippen LogP contribution in [0.4, 0.5) is 0 Å². The first-order valence-electron chi connectivity index (χ1n) is 20.0. The van der Waals surface area contributed by atoms with Crippen LogP contribution in [0, 0.1) is 0 Å². The molecule has 2 aliphatic rings. The Hall–Kier alpha value is -7.04. The van der Waals surface area contributed by atoms with Gasteiger partial charge in [0.25, 0.3) is 0 Å². The van der Waals surface area contributed by atoms with E-state index >= 15 is 0 Å². The van der Waals surface area contributed by atoms with Crippen LogP contribution in [0.3, 0.4) is 0 Å². The molecule has 0 aliphatic heterocycles. The maximum atomic E-state index is 5.57. The highest BCUT2D eigenvalue weighted by molar-refractivity contribution is 6.10. The zero-order valence-electron chi connectivity index (χ0n) is 31.9. The minimum absolute atomic E-state index is 0.198. The summed E-state index contributed by atoms with van der Waals surface area (Å²) in [6.45, 7) is 4.69. The second-order valence-corrected chi connectivity index (χ2v) is 16.1. The fourth-order valence-electron chi connectivity index (χ4n) is 10.0. The van der Waals surface area contributed by atoms with Crippen molar-refractivity contribution in [3.63, 3.8) is 0 Å². The molecule has 0 saturated heterocycles. The van der Waals surface area contributed by atoms with Crippen molar-refractivity contribution in [2.75, 3.05) is 0 Å². The summed E-state index contributed by atoms with van der Waals surface area (Å²) >= 11 is 0. The first-order valence-corrected chi connectivity index (χ1v) is 20.0. The van der Waals surface area contributed by atoms with Crippen LogP contribution in [-0.2, 0) is 11.8 Å². The van der Waals surface area contributed by atoms with Gasteiger partial charge in [0.1, 0.15) is 0 Å². The van der Waals surface area contributed by atoms with Crippen molar-refractivity contribution in [3.05, 3.63) is 186 Å². The third-order valence-electron chi connectivity index (χ3n) is 12.6. The fourth-order valence-corrected chi connectivity index (χ4v) is 10.0. The van der Waals surface area contributed by atoms with Gasteiger partial charge in [0.15, 0.2) is 0 Å². The average molecular weight is 731 g/mol. The van der Waals surface area contributed by atoms with E-state index in [1.807, 2.05) is 0 Å². The van der Waals surface area contributed by atoms with Crippen molar-refractivity contribution in [1.29, 1.82) is 0 Å². The molecule has 3 aromatic heterocycles. The van der Waals surface area contributed by atoms with Gasteiger partial charge in [-0.05, 0) is 100 Å². The van der Waals surface area contributed by atoms with Gasteiger partial charge in [-0.25, -0.2) is 9.97 Å². The first-order chi connectivity index (χ1) is 28.0. The highest BCUT2D eigenvalue weighted by atomic mass is 15.2. The van der Waals surface area contributed by atoms with E-state index in [-0.39, 0.29) is 5.41 Å². The van der Waals surface area contributed by atoms with Crippen molar-refractivity contribution in [2.24, 2.45) is 0 Å². The Balaban J connectivity index is 1.07. The third kappa shape index (κ3) is 4.61. The van der Waals surface area contributed by atoms with Crippen LogP contribution in [0.5, 0.6) is 0 Å². The SMILES string of the molecule is CC1(C)c2ccccc2-c2ccc3nc(-n4c5c(c6cc(-c7ccc8c9ccccc9n(-c9ccccc9)c8c7)ccc64)CCC=C5)nc(-c4ccccc4)c3c21. The van der Waals surface area contributed by atoms with Crippen LogP contribution in [0.2, 0.25) is 0 Å². The van der Waals surface area contributed by atoms with Crippen LogP contribution in [0.1, 0.15) is 42.7 Å². The van der Waals surface area contributed by atoms with Gasteiger partial charge in [0.05, 0.1) is 33.5 Å². The maximum absolute atomic E-state index is 5.57. The predicted molar refractivity (Wildman–Crippen MR) is 237 cm³/mol. The fraction of sp³-hybridized carbons (Fsp3) is 0.0943. The predicted octanol–water partition coefficient (Wildman–Crippen LogP) is 13.3. The molecule has 0 atom stereocenters. The summed E-state index contributed by atoms with van der Waals surface area (Å²) in [5.74, 6) is 0.703. The topological polar surface area (TPSA) is 35.6 Å². The molecule has 0 bridgehead atoms. The lowest BCUT2D eigenvalue weighted by Gasteiger charge is -2.24. The van der Waals surface area contributed by atoms with Gasteiger partial charge in [-0.1, -0.05) is 135 Å². The lowest BCUT2D eigenvalue weighted by molar-refractivity contribution is 0.666. The van der Waals surface area contributed by atoms with Crippen LogP contribution < -0.4 is 0 Å². The second-order valence-electron chi connectivity index (χ2n) is 16.1. The summed E-state index contributed by atoms with van der Waals surface area (Å²) in [6.07, 6.45) is 6.55. The van der Waals surface area contributed by atoms with Gasteiger partial charge in [-0.15, -0.1) is 0 Å². The molecule has 0 N–H and O–H groups in total. The molecule has 3 heterocycles. The summed E-state index contributed by atoms with van der Waals surface area (Å²) in [4.78, 5) is 11.0. The van der Waals surface area contributed by atoms with Crippen LogP contribution in [0.25, 0.3) is 94.8 Å². The molecular formula is C53H38N4. The molecule has 270 valence electrons. The molecule has 4 heteroatoms. The highest BCUT2D eigenvalue weighted by Crippen LogP contribution is 2.52. The Morgan fingerprint density at radius 3 is 2.14 bits per heavy atom. The number of benzene rings is 7. The monoisotopic (exact) mass is 730 g/mol. The lowest BCUT2D eigenvalue weighted by Crippen LogP contribution is -2.16. The molecular weight excluding hydrogens is 693 g/mol. The molecule has 0 fully saturated rings. The molecule has 0 unspecified atom stereocenters. The van der Waals surface area contributed by atoms with Gasteiger partial charge in [-0.3, -0.25) is 4.57 Å². The number of rotatable bonds is 4. The van der Waals surface area contributed by atoms with E-state index in [0.717, 1.165) is 46.2 Å². The summed E-state index contributed by atoms with van der Waals surface area (Å²) in [7, 11) is 0. The minimum Gasteiger partial charge on any atom is -0.309 e. The number of hydrogen-bond donors (Lipinski definition) is 0. The molecule has 10 aromatic rings. The van der Waals surface area contributed by atoms with Gasteiger partial charge in [-0.2, -0.15) is 0 Å². The van der Waals surface area contributed by atoms with E-state index in [2.05, 4.69) is 193 Å². The molecule has 7 aromatic carbocycles. The Labute approximate surface area is 331 Å². The van der Waals surface area contributed by atoms with E-state index < -0.39 is 0 Å². The van der Waals surface area contributed by atoms with E-state index in [9.17, 15) is 0 Å². The van der Waals surface area contributed by atoms with Gasteiger partial charge >= 0.3 is 0 Å². The summed E-state index contributed by atoms with van der Waals surface area (Å²) < 4.78 is 4.70. The van der Waals surface area contributed by atoms with Crippen LogP contribution in [-0.4, -0.2) is 19.1 Å². The van der Waals surface area contributed by atoms with E-state index in [0.29, 0.717) is 5.95 Å². The molecule has 0 spiro atoms. The van der Waals surface area contributed by atoms with Crippen LogP contribution in [0.15, 0.2) is 164 Å². The first kappa shape index (κ1) is 32.2. The van der Waals surface area contributed by atoms with Crippen molar-refractivity contribution in [1.82, 2.24) is 19.1 Å². The normalized spacial score (nSPS) is 14.1.